The van der Waals surface area contributed by atoms with Crippen LogP contribution in [-0.2, 0) is 40.3 Å². The number of carbonyl (C=O) groups excluding carboxylic acids is 3. The third-order valence-corrected chi connectivity index (χ3v) is 10.4. The predicted octanol–water partition coefficient (Wildman–Crippen LogP) is 7.19. The van der Waals surface area contributed by atoms with Gasteiger partial charge in [0, 0.05) is 55.4 Å². The predicted molar refractivity (Wildman–Crippen MR) is 228 cm³/mol. The van der Waals surface area contributed by atoms with Crippen LogP contribution >= 0.6 is 0 Å². The van der Waals surface area contributed by atoms with Gasteiger partial charge in [-0.2, -0.15) is 23.3 Å². The van der Waals surface area contributed by atoms with Crippen molar-refractivity contribution in [2.45, 2.75) is 83.6 Å². The maximum Gasteiger partial charge on any atom is 0.490 e. The summed E-state index contributed by atoms with van der Waals surface area (Å²) in [4.78, 5) is 55.4. The molecule has 7 rings (SSSR count). The number of hydrogen-bond acceptors (Lipinski definition) is 11. The molecule has 0 spiro atoms. The molecule has 3 aromatic carbocycles. The number of amides is 3. The van der Waals surface area contributed by atoms with E-state index in [1.54, 1.807) is 40.7 Å². The Bertz CT molecular complexity index is 2630. The lowest BCUT2D eigenvalue weighted by Gasteiger charge is -2.25. The number of carboxylic acids is 1. The van der Waals surface area contributed by atoms with Gasteiger partial charge in [-0.3, -0.25) is 24.6 Å². The van der Waals surface area contributed by atoms with Crippen LogP contribution in [0.2, 0.25) is 0 Å². The number of imide groups is 1. The fourth-order valence-corrected chi connectivity index (χ4v) is 7.05. The van der Waals surface area contributed by atoms with Crippen molar-refractivity contribution in [2.24, 2.45) is 0 Å². The average Bonchev–Trinajstić information content (AvgIpc) is 3.92. The maximum atomic E-state index is 15.2. The number of carbonyl (C=O) groups is 4. The number of piperidine rings is 1. The van der Waals surface area contributed by atoms with Crippen molar-refractivity contribution in [3.63, 3.8) is 0 Å². The third kappa shape index (κ3) is 13.0. The number of anilines is 1. The van der Waals surface area contributed by atoms with Crippen LogP contribution in [0.5, 0.6) is 0 Å². The maximum absolute atomic E-state index is 15.2. The monoisotopic (exact) mass is 903 g/mol. The Hall–Kier alpha value is -7.09. The van der Waals surface area contributed by atoms with Gasteiger partial charge in [0.15, 0.2) is 0 Å². The Morgan fingerprint density at radius 3 is 2.32 bits per heavy atom. The molecule has 65 heavy (non-hydrogen) atoms. The normalized spacial score (nSPS) is 14.2. The van der Waals surface area contributed by atoms with Crippen LogP contribution in [0.25, 0.3) is 27.9 Å². The number of unbranched alkanes of at least 4 members (excludes halogenated alkanes) is 1. The molecular weight excluding hydrogens is 858 g/mol. The Morgan fingerprint density at radius 1 is 0.969 bits per heavy atom. The second-order valence-corrected chi connectivity index (χ2v) is 15.7. The number of halogens is 5. The number of fused-ring (bicyclic) bond motifs is 1. The van der Waals surface area contributed by atoms with Crippen molar-refractivity contribution in [2.75, 3.05) is 18.9 Å². The minimum absolute atomic E-state index is 0.0234. The Labute approximate surface area is 369 Å². The van der Waals surface area contributed by atoms with Crippen LogP contribution in [0.4, 0.5) is 27.6 Å². The molecule has 342 valence electrons. The van der Waals surface area contributed by atoms with E-state index >= 15 is 8.78 Å². The van der Waals surface area contributed by atoms with Crippen LogP contribution < -0.4 is 16.0 Å². The molecule has 1 aliphatic rings. The highest BCUT2D eigenvalue weighted by Crippen LogP contribution is 2.30. The molecule has 0 aliphatic carbocycles. The Kier molecular flexibility index (Phi) is 15.0. The summed E-state index contributed by atoms with van der Waals surface area (Å²) in [6, 6.07) is 21.9. The summed E-state index contributed by atoms with van der Waals surface area (Å²) >= 11 is 0. The molecule has 3 aromatic heterocycles. The third-order valence-electron chi connectivity index (χ3n) is 10.4. The summed E-state index contributed by atoms with van der Waals surface area (Å²) in [5, 5.41) is 23.6. The van der Waals surface area contributed by atoms with Gasteiger partial charge in [-0.1, -0.05) is 67.0 Å². The molecule has 0 radical (unpaired) electrons. The van der Waals surface area contributed by atoms with Gasteiger partial charge in [0.2, 0.25) is 17.7 Å². The van der Waals surface area contributed by atoms with Crippen molar-refractivity contribution < 1.29 is 50.8 Å². The smallest absolute Gasteiger partial charge is 0.475 e. The zero-order valence-electron chi connectivity index (χ0n) is 35.6. The first-order valence-electron chi connectivity index (χ1n) is 20.6. The van der Waals surface area contributed by atoms with E-state index in [4.69, 9.17) is 14.4 Å². The number of aryl methyl sites for hydroxylation is 2. The van der Waals surface area contributed by atoms with E-state index in [9.17, 15) is 27.6 Å². The standard InChI is InChI=1S/C43H45F2N9O4.C2HF3O2/c1-4-5-6-38-51-40(52-58-38)42(57)46-22-32-14-13-31(19-27(32)2)39-36-20-33(24-54(36)48-26-47-39)30-11-7-29(8-12-30)23-53(3)25-43(44,45)21-28-9-15-34(16-10-28)49-35-17-18-37(55)50-41(35)56;3-2(4,5)1(6)7/h7-16,19-20,24,26,35,49H,4-6,17-18,21-23,25H2,1-3H3,(H,46,57)(H,50,55,56);(H,6,7). The van der Waals surface area contributed by atoms with Gasteiger partial charge in [0.25, 0.3) is 17.7 Å². The first-order valence-corrected chi connectivity index (χ1v) is 20.6. The summed E-state index contributed by atoms with van der Waals surface area (Å²) in [5.74, 6) is -6.32. The fraction of sp³-hybridized carbons (Fsp3) is 0.333. The Morgan fingerprint density at radius 2 is 1.66 bits per heavy atom. The van der Waals surface area contributed by atoms with E-state index in [-0.39, 0.29) is 24.1 Å². The van der Waals surface area contributed by atoms with E-state index in [1.807, 2.05) is 61.7 Å². The highest BCUT2D eigenvalue weighted by Gasteiger charge is 2.38. The molecule has 0 saturated carbocycles. The number of benzene rings is 3. The molecule has 0 bridgehead atoms. The molecule has 3 amide bonds. The molecule has 4 N–H and O–H groups in total. The number of nitrogens with zero attached hydrogens (tertiary/aromatic N) is 6. The van der Waals surface area contributed by atoms with Gasteiger partial charge in [-0.25, -0.2) is 23.1 Å². The number of hydrogen-bond donors (Lipinski definition) is 4. The van der Waals surface area contributed by atoms with Gasteiger partial charge in [0.05, 0.1) is 17.8 Å². The van der Waals surface area contributed by atoms with Crippen molar-refractivity contribution in [1.29, 1.82) is 0 Å². The van der Waals surface area contributed by atoms with E-state index in [0.717, 1.165) is 57.4 Å². The second kappa shape index (κ2) is 20.6. The van der Waals surface area contributed by atoms with Gasteiger partial charge < -0.3 is 20.3 Å². The Balaban J connectivity index is 0.000000925. The first kappa shape index (κ1) is 47.4. The number of alkyl halides is 5. The molecule has 6 aromatic rings. The van der Waals surface area contributed by atoms with Crippen molar-refractivity contribution in [1.82, 2.24) is 40.3 Å². The lowest BCUT2D eigenvalue weighted by Crippen LogP contribution is -2.47. The van der Waals surface area contributed by atoms with Crippen LogP contribution in [0.15, 0.2) is 89.8 Å². The summed E-state index contributed by atoms with van der Waals surface area (Å²) in [7, 11) is 1.68. The number of nitrogens with one attached hydrogen (secondary N) is 3. The molecule has 1 saturated heterocycles. The van der Waals surface area contributed by atoms with Gasteiger partial charge in [0.1, 0.15) is 12.4 Å². The van der Waals surface area contributed by atoms with Gasteiger partial charge in [-0.05, 0) is 78.9 Å². The number of aromatic nitrogens is 5. The van der Waals surface area contributed by atoms with E-state index in [2.05, 4.69) is 43.1 Å². The minimum Gasteiger partial charge on any atom is -0.475 e. The molecule has 1 atom stereocenters. The van der Waals surface area contributed by atoms with Gasteiger partial charge >= 0.3 is 12.1 Å². The van der Waals surface area contributed by atoms with Gasteiger partial charge in [-0.15, -0.1) is 0 Å². The van der Waals surface area contributed by atoms with Crippen molar-refractivity contribution >= 4 is 34.9 Å². The lowest BCUT2D eigenvalue weighted by molar-refractivity contribution is -0.192. The molecule has 1 fully saturated rings. The minimum atomic E-state index is -5.08. The van der Waals surface area contributed by atoms with Crippen LogP contribution in [0, 0.1) is 6.92 Å². The average molecular weight is 904 g/mol. The molecule has 1 unspecified atom stereocenters. The molecule has 1 aliphatic heterocycles. The molecule has 15 nitrogen and oxygen atoms in total. The SMILES string of the molecule is CCCCc1nc(C(=O)NCc2ccc(-c3ncnn4cc(-c5ccc(CN(C)CC(F)(F)Cc6ccc(NC7CCC(=O)NC7=O)cc6)cc5)cc34)cc2C)no1.O=C(O)C(F)(F)F. The lowest BCUT2D eigenvalue weighted by atomic mass is 10.0. The topological polar surface area (TPSA) is 197 Å². The zero-order chi connectivity index (χ0) is 46.9. The first-order chi connectivity index (χ1) is 30.9. The highest BCUT2D eigenvalue weighted by atomic mass is 19.4. The van der Waals surface area contributed by atoms with E-state index in [1.165, 1.54) is 6.33 Å². The van der Waals surface area contributed by atoms with Crippen LogP contribution in [0.1, 0.15) is 71.4 Å². The van der Waals surface area contributed by atoms with E-state index in [0.29, 0.717) is 43.1 Å². The fourth-order valence-electron chi connectivity index (χ4n) is 7.05. The largest absolute Gasteiger partial charge is 0.490 e. The summed E-state index contributed by atoms with van der Waals surface area (Å²) in [6.45, 7) is 4.27. The summed E-state index contributed by atoms with van der Waals surface area (Å²) in [5.41, 5.74) is 8.28. The number of aliphatic carboxylic acids is 1. The van der Waals surface area contributed by atoms with Crippen LogP contribution in [-0.4, -0.2) is 90.2 Å². The van der Waals surface area contributed by atoms with Crippen molar-refractivity contribution in [3.05, 3.63) is 119 Å². The molecule has 20 heteroatoms. The number of carboxylic acid groups (broad SMARTS) is 1. The summed E-state index contributed by atoms with van der Waals surface area (Å²) in [6.07, 6.45) is 1.12. The number of rotatable bonds is 16. The van der Waals surface area contributed by atoms with Crippen molar-refractivity contribution in [3.8, 4) is 22.4 Å². The quantitative estimate of drug-likeness (QED) is 0.0565. The zero-order valence-corrected chi connectivity index (χ0v) is 35.6. The highest BCUT2D eigenvalue weighted by molar-refractivity contribution is 6.01. The summed E-state index contributed by atoms with van der Waals surface area (Å²) < 4.78 is 69.1. The molecular formula is C45H46F5N9O6. The van der Waals surface area contributed by atoms with E-state index < -0.39 is 43.0 Å². The molecule has 4 heterocycles. The second-order valence-electron chi connectivity index (χ2n) is 15.7. The van der Waals surface area contributed by atoms with Crippen LogP contribution in [0.3, 0.4) is 0 Å².